The molecular formula is C19H14F2N6O2. The molecular weight excluding hydrogens is 382 g/mol. The van der Waals surface area contributed by atoms with Crippen molar-refractivity contribution in [2.75, 3.05) is 5.73 Å². The van der Waals surface area contributed by atoms with Gasteiger partial charge in [-0.15, -0.1) is 0 Å². The van der Waals surface area contributed by atoms with E-state index < -0.39 is 22.9 Å². The quantitative estimate of drug-likeness (QED) is 0.445. The van der Waals surface area contributed by atoms with Gasteiger partial charge in [-0.3, -0.25) is 24.2 Å². The van der Waals surface area contributed by atoms with Gasteiger partial charge in [0.1, 0.15) is 22.7 Å². The summed E-state index contributed by atoms with van der Waals surface area (Å²) in [6.07, 6.45) is 1.83. The highest BCUT2D eigenvalue weighted by atomic mass is 19.1. The van der Waals surface area contributed by atoms with Crippen LogP contribution in [-0.2, 0) is 11.3 Å². The number of pyridine rings is 2. The Morgan fingerprint density at radius 1 is 1.17 bits per heavy atom. The average molecular weight is 396 g/mol. The van der Waals surface area contributed by atoms with Gasteiger partial charge in [-0.2, -0.15) is 5.10 Å². The molecule has 0 aliphatic rings. The van der Waals surface area contributed by atoms with Crippen molar-refractivity contribution in [3.63, 3.8) is 0 Å². The van der Waals surface area contributed by atoms with Crippen molar-refractivity contribution in [3.8, 4) is 16.9 Å². The lowest BCUT2D eigenvalue weighted by molar-refractivity contribution is -0.109. The zero-order chi connectivity index (χ0) is 20.5. The number of halogens is 2. The Morgan fingerprint density at radius 2 is 1.90 bits per heavy atom. The zero-order valence-corrected chi connectivity index (χ0v) is 14.8. The number of nitrogen functional groups attached to an aromatic ring is 1. The molecule has 0 aliphatic carbocycles. The number of carbonyl (C=O) groups is 1. The number of anilines is 1. The SMILES string of the molecule is Nc1n[nH]c2c(-c3cccc(CNC=O)n3)cn(-c3c(F)cccc3F)c(=O)c12. The van der Waals surface area contributed by atoms with Crippen LogP contribution < -0.4 is 16.6 Å². The minimum absolute atomic E-state index is 0.0108. The molecule has 10 heteroatoms. The number of carbonyl (C=O) groups excluding carboxylic acids is 1. The third kappa shape index (κ3) is 3.10. The first kappa shape index (κ1) is 18.3. The molecule has 146 valence electrons. The smallest absolute Gasteiger partial charge is 0.268 e. The van der Waals surface area contributed by atoms with Gasteiger partial charge in [-0.25, -0.2) is 8.78 Å². The van der Waals surface area contributed by atoms with E-state index in [9.17, 15) is 18.4 Å². The minimum Gasteiger partial charge on any atom is -0.382 e. The van der Waals surface area contributed by atoms with Crippen LogP contribution in [0.2, 0.25) is 0 Å². The van der Waals surface area contributed by atoms with Gasteiger partial charge in [-0.05, 0) is 24.3 Å². The van der Waals surface area contributed by atoms with Crippen LogP contribution >= 0.6 is 0 Å². The molecule has 0 unspecified atom stereocenters. The maximum Gasteiger partial charge on any atom is 0.268 e. The van der Waals surface area contributed by atoms with Crippen LogP contribution in [0.25, 0.3) is 27.8 Å². The van der Waals surface area contributed by atoms with E-state index in [1.807, 2.05) is 0 Å². The fraction of sp³-hybridized carbons (Fsp3) is 0.0526. The lowest BCUT2D eigenvalue weighted by Crippen LogP contribution is -2.21. The Labute approximate surface area is 162 Å². The molecule has 1 amide bonds. The monoisotopic (exact) mass is 396 g/mol. The van der Waals surface area contributed by atoms with Gasteiger partial charge in [0, 0.05) is 11.8 Å². The molecule has 1 aromatic carbocycles. The predicted octanol–water partition coefficient (Wildman–Crippen LogP) is 1.88. The Balaban J connectivity index is 2.02. The van der Waals surface area contributed by atoms with Crippen LogP contribution in [0, 0.1) is 11.6 Å². The number of nitrogens with zero attached hydrogens (tertiary/aromatic N) is 3. The summed E-state index contributed by atoms with van der Waals surface area (Å²) < 4.78 is 29.6. The number of amides is 1. The van der Waals surface area contributed by atoms with Crippen LogP contribution in [0.1, 0.15) is 5.69 Å². The van der Waals surface area contributed by atoms with Crippen molar-refractivity contribution in [2.24, 2.45) is 0 Å². The Hall–Kier alpha value is -4.08. The molecule has 4 rings (SSSR count). The lowest BCUT2D eigenvalue weighted by atomic mass is 10.1. The highest BCUT2D eigenvalue weighted by Crippen LogP contribution is 2.28. The molecule has 29 heavy (non-hydrogen) atoms. The predicted molar refractivity (Wildman–Crippen MR) is 102 cm³/mol. The van der Waals surface area contributed by atoms with Crippen molar-refractivity contribution in [2.45, 2.75) is 6.54 Å². The molecule has 4 N–H and O–H groups in total. The van der Waals surface area contributed by atoms with Gasteiger partial charge in [0.05, 0.1) is 23.4 Å². The Bertz CT molecular complexity index is 1280. The molecule has 0 saturated heterocycles. The van der Waals surface area contributed by atoms with E-state index in [1.165, 1.54) is 12.3 Å². The maximum absolute atomic E-state index is 14.4. The molecule has 0 atom stereocenters. The summed E-state index contributed by atoms with van der Waals surface area (Å²) >= 11 is 0. The summed E-state index contributed by atoms with van der Waals surface area (Å²) in [5, 5.41) is 9.04. The van der Waals surface area contributed by atoms with Gasteiger partial charge in [0.2, 0.25) is 6.41 Å². The van der Waals surface area contributed by atoms with E-state index in [0.29, 0.717) is 23.4 Å². The number of para-hydroxylation sites is 1. The molecule has 0 saturated carbocycles. The zero-order valence-electron chi connectivity index (χ0n) is 14.8. The number of hydrogen-bond acceptors (Lipinski definition) is 5. The van der Waals surface area contributed by atoms with E-state index in [-0.39, 0.29) is 23.3 Å². The van der Waals surface area contributed by atoms with E-state index >= 15 is 0 Å². The summed E-state index contributed by atoms with van der Waals surface area (Å²) in [4.78, 5) is 27.9. The van der Waals surface area contributed by atoms with Crippen LogP contribution in [0.15, 0.2) is 47.4 Å². The first-order valence-corrected chi connectivity index (χ1v) is 8.48. The van der Waals surface area contributed by atoms with Crippen LogP contribution in [0.4, 0.5) is 14.6 Å². The van der Waals surface area contributed by atoms with Crippen molar-refractivity contribution >= 4 is 23.1 Å². The molecule has 3 aromatic heterocycles. The largest absolute Gasteiger partial charge is 0.382 e. The maximum atomic E-state index is 14.4. The summed E-state index contributed by atoms with van der Waals surface area (Å²) in [7, 11) is 0. The van der Waals surface area contributed by atoms with Crippen LogP contribution in [0.5, 0.6) is 0 Å². The molecule has 0 spiro atoms. The molecule has 0 radical (unpaired) electrons. The summed E-state index contributed by atoms with van der Waals surface area (Å²) in [5.41, 5.74) is 6.17. The molecule has 0 aliphatic heterocycles. The molecule has 3 heterocycles. The first-order valence-electron chi connectivity index (χ1n) is 8.48. The Morgan fingerprint density at radius 3 is 2.62 bits per heavy atom. The van der Waals surface area contributed by atoms with E-state index in [0.717, 1.165) is 16.7 Å². The van der Waals surface area contributed by atoms with Crippen molar-refractivity contribution in [1.29, 1.82) is 0 Å². The topological polar surface area (TPSA) is 119 Å². The van der Waals surface area contributed by atoms with E-state index in [2.05, 4.69) is 20.5 Å². The number of nitrogens with one attached hydrogen (secondary N) is 2. The first-order chi connectivity index (χ1) is 14.0. The Kier molecular flexibility index (Phi) is 4.51. The van der Waals surface area contributed by atoms with Gasteiger partial charge in [0.25, 0.3) is 5.56 Å². The number of aromatic nitrogens is 4. The number of aromatic amines is 1. The average Bonchev–Trinajstić information content (AvgIpc) is 3.10. The number of rotatable bonds is 5. The number of nitrogens with two attached hydrogens (primary N) is 1. The summed E-state index contributed by atoms with van der Waals surface area (Å²) in [5.74, 6) is -1.91. The van der Waals surface area contributed by atoms with Crippen molar-refractivity contribution in [1.82, 2.24) is 25.1 Å². The minimum atomic E-state index is -0.906. The second kappa shape index (κ2) is 7.15. The van der Waals surface area contributed by atoms with Crippen LogP contribution in [-0.4, -0.2) is 26.2 Å². The summed E-state index contributed by atoms with van der Waals surface area (Å²) in [6, 6.07) is 8.37. The fourth-order valence-electron chi connectivity index (χ4n) is 3.09. The highest BCUT2D eigenvalue weighted by Gasteiger charge is 2.20. The highest BCUT2D eigenvalue weighted by molar-refractivity contribution is 5.97. The number of fused-ring (bicyclic) bond motifs is 1. The number of hydrogen-bond donors (Lipinski definition) is 3. The van der Waals surface area contributed by atoms with Gasteiger partial charge >= 0.3 is 0 Å². The molecule has 8 nitrogen and oxygen atoms in total. The summed E-state index contributed by atoms with van der Waals surface area (Å²) in [6.45, 7) is 0.188. The normalized spacial score (nSPS) is 11.0. The third-order valence-corrected chi connectivity index (χ3v) is 4.38. The second-order valence-corrected chi connectivity index (χ2v) is 6.16. The van der Waals surface area contributed by atoms with Crippen LogP contribution in [0.3, 0.4) is 0 Å². The second-order valence-electron chi connectivity index (χ2n) is 6.16. The standard InChI is InChI=1S/C19H14F2N6O2/c20-12-4-2-5-13(21)17(12)27-8-11(16-15(19(27)29)18(22)26-25-16)14-6-1-3-10(24-14)7-23-9-28/h1-6,8-9H,7H2,(H,23,28)(H3,22,25,26). The van der Waals surface area contributed by atoms with E-state index in [1.54, 1.807) is 18.2 Å². The van der Waals surface area contributed by atoms with Gasteiger partial charge in [0.15, 0.2) is 5.82 Å². The molecule has 4 aromatic rings. The number of benzene rings is 1. The lowest BCUT2D eigenvalue weighted by Gasteiger charge is -2.12. The molecule has 0 bridgehead atoms. The van der Waals surface area contributed by atoms with E-state index in [4.69, 9.17) is 5.73 Å². The van der Waals surface area contributed by atoms with Gasteiger partial charge in [-0.1, -0.05) is 12.1 Å². The van der Waals surface area contributed by atoms with Gasteiger partial charge < -0.3 is 11.1 Å². The third-order valence-electron chi connectivity index (χ3n) is 4.38. The number of H-pyrrole nitrogens is 1. The molecule has 0 fully saturated rings. The van der Waals surface area contributed by atoms with Crippen molar-refractivity contribution in [3.05, 3.63) is 70.3 Å². The fourth-order valence-corrected chi connectivity index (χ4v) is 3.09. The van der Waals surface area contributed by atoms with Crippen molar-refractivity contribution < 1.29 is 13.6 Å².